The zero-order chi connectivity index (χ0) is 23.2. The highest BCUT2D eigenvalue weighted by Crippen LogP contribution is 2.43. The first kappa shape index (κ1) is 22.6. The quantitative estimate of drug-likeness (QED) is 0.547. The molecule has 0 saturated carbocycles. The Labute approximate surface area is 186 Å². The number of alkyl halides is 2. The Morgan fingerprint density at radius 3 is 2.69 bits per heavy atom. The molecule has 32 heavy (non-hydrogen) atoms. The summed E-state index contributed by atoms with van der Waals surface area (Å²) < 4.78 is 49.2. The van der Waals surface area contributed by atoms with Crippen LogP contribution in [0, 0.1) is 5.82 Å². The number of likely N-dealkylation sites (tertiary alicyclic amines) is 1. The second-order valence-corrected chi connectivity index (χ2v) is 8.06. The normalized spacial score (nSPS) is 16.0. The van der Waals surface area contributed by atoms with Gasteiger partial charge < -0.3 is 15.6 Å². The van der Waals surface area contributed by atoms with Crippen molar-refractivity contribution in [3.63, 3.8) is 0 Å². The molecular weight excluding hydrogens is 449 g/mol. The number of aliphatic hydroxyl groups excluding tert-OH is 1. The number of hydrogen-bond acceptors (Lipinski definition) is 7. The molecule has 4 rings (SSSR count). The molecule has 1 atom stereocenters. The van der Waals surface area contributed by atoms with Crippen LogP contribution >= 0.6 is 11.6 Å². The average molecular weight is 471 g/mol. The molecule has 172 valence electrons. The van der Waals surface area contributed by atoms with Crippen LogP contribution in [0.25, 0.3) is 11.0 Å². The Bertz CT molecular complexity index is 1150. The van der Waals surface area contributed by atoms with Crippen molar-refractivity contribution in [3.05, 3.63) is 40.1 Å². The Balaban J connectivity index is 1.83. The van der Waals surface area contributed by atoms with Crippen LogP contribution in [0.5, 0.6) is 5.75 Å². The number of ether oxygens (including phenoxy) is 1. The number of anilines is 1. The van der Waals surface area contributed by atoms with Crippen LogP contribution < -0.4 is 10.5 Å². The number of benzene rings is 1. The van der Waals surface area contributed by atoms with Gasteiger partial charge in [-0.1, -0.05) is 11.6 Å². The van der Waals surface area contributed by atoms with Gasteiger partial charge in [-0.15, -0.1) is 0 Å². The van der Waals surface area contributed by atoms with E-state index in [4.69, 9.17) is 27.2 Å². The first-order valence-electron chi connectivity index (χ1n) is 9.94. The van der Waals surface area contributed by atoms with Crippen molar-refractivity contribution in [2.45, 2.75) is 25.3 Å². The molecule has 3 aromatic rings. The third-order valence-corrected chi connectivity index (χ3v) is 6.06. The van der Waals surface area contributed by atoms with Crippen LogP contribution in [0.2, 0.25) is 5.02 Å². The first-order valence-corrected chi connectivity index (χ1v) is 10.3. The largest absolute Gasteiger partial charge is 0.496 e. The molecule has 3 N–H and O–H groups in total. The van der Waals surface area contributed by atoms with Gasteiger partial charge in [0.2, 0.25) is 0 Å². The lowest BCUT2D eigenvalue weighted by molar-refractivity contribution is 0.112. The van der Waals surface area contributed by atoms with Gasteiger partial charge in [0.1, 0.15) is 29.4 Å². The van der Waals surface area contributed by atoms with E-state index >= 15 is 4.39 Å². The summed E-state index contributed by atoms with van der Waals surface area (Å²) in [5, 5.41) is 13.0. The number of aliphatic hydroxyl groups is 1. The molecule has 2 aromatic heterocycles. The summed E-state index contributed by atoms with van der Waals surface area (Å²) in [6, 6.07) is 0.730. The number of β-amino-alcohol motifs (C(OH)–C–C–N with tert-alkyl or cyclic N) is 1. The van der Waals surface area contributed by atoms with Crippen LogP contribution in [0.4, 0.5) is 19.0 Å². The SMILES string of the molecule is COc1c([C@@H](C)n2nc(C(F)F)c3c(N)ncnc32)cc(Cl)c(F)c1C1CN(CCO)C1. The molecule has 0 aliphatic carbocycles. The molecule has 1 aliphatic heterocycles. The third kappa shape index (κ3) is 3.63. The zero-order valence-electron chi connectivity index (χ0n) is 17.4. The minimum atomic E-state index is -2.89. The summed E-state index contributed by atoms with van der Waals surface area (Å²) in [6.07, 6.45) is -1.72. The van der Waals surface area contributed by atoms with Gasteiger partial charge >= 0.3 is 0 Å². The number of aromatic nitrogens is 4. The van der Waals surface area contributed by atoms with Gasteiger partial charge in [-0.3, -0.25) is 4.90 Å². The fourth-order valence-electron chi connectivity index (χ4n) is 4.21. The average Bonchev–Trinajstić information content (AvgIpc) is 3.13. The van der Waals surface area contributed by atoms with Crippen LogP contribution in [-0.2, 0) is 0 Å². The summed E-state index contributed by atoms with van der Waals surface area (Å²) in [6.45, 7) is 3.27. The van der Waals surface area contributed by atoms with E-state index < -0.39 is 24.0 Å². The van der Waals surface area contributed by atoms with Gasteiger partial charge in [-0.05, 0) is 13.0 Å². The molecule has 12 heteroatoms. The number of nitrogens with two attached hydrogens (primary N) is 1. The molecule has 0 amide bonds. The van der Waals surface area contributed by atoms with Crippen LogP contribution in [0.3, 0.4) is 0 Å². The summed E-state index contributed by atoms with van der Waals surface area (Å²) in [5.41, 5.74) is 6.20. The number of hydrogen-bond donors (Lipinski definition) is 2. The van der Waals surface area contributed by atoms with Crippen molar-refractivity contribution in [3.8, 4) is 5.75 Å². The standard InChI is InChI=1S/C20H22ClF3N6O2/c1-9(30-20-14(16(28-30)18(23)24)19(25)26-8-27-20)11-5-12(21)15(22)13(17(11)32-2)10-6-29(7-10)3-4-31/h5,8-10,18,31H,3-4,6-7H2,1-2H3,(H2,25,26,27)/t9-/m1/s1. The van der Waals surface area contributed by atoms with Gasteiger partial charge in [0.15, 0.2) is 5.65 Å². The topological polar surface area (TPSA) is 102 Å². The lowest BCUT2D eigenvalue weighted by Crippen LogP contribution is -2.46. The van der Waals surface area contributed by atoms with E-state index in [1.54, 1.807) is 6.92 Å². The van der Waals surface area contributed by atoms with Gasteiger partial charge in [0.25, 0.3) is 6.43 Å². The second-order valence-electron chi connectivity index (χ2n) is 7.65. The van der Waals surface area contributed by atoms with E-state index in [2.05, 4.69) is 15.1 Å². The maximum absolute atomic E-state index is 15.1. The highest BCUT2D eigenvalue weighted by molar-refractivity contribution is 6.31. The van der Waals surface area contributed by atoms with Crippen molar-refractivity contribution in [2.24, 2.45) is 0 Å². The molecule has 0 unspecified atom stereocenters. The maximum Gasteiger partial charge on any atom is 0.282 e. The maximum atomic E-state index is 15.1. The highest BCUT2D eigenvalue weighted by Gasteiger charge is 2.35. The van der Waals surface area contributed by atoms with Gasteiger partial charge in [0.05, 0.1) is 30.2 Å². The van der Waals surface area contributed by atoms with Gasteiger partial charge in [-0.2, -0.15) is 5.10 Å². The highest BCUT2D eigenvalue weighted by atomic mass is 35.5. The Kier molecular flexibility index (Phi) is 6.15. The van der Waals surface area contributed by atoms with Crippen molar-refractivity contribution in [1.82, 2.24) is 24.6 Å². The molecule has 0 radical (unpaired) electrons. The number of methoxy groups -OCH3 is 1. The molecule has 1 saturated heterocycles. The summed E-state index contributed by atoms with van der Waals surface area (Å²) >= 11 is 6.22. The van der Waals surface area contributed by atoms with Crippen LogP contribution in [0.15, 0.2) is 12.4 Å². The van der Waals surface area contributed by atoms with E-state index in [0.29, 0.717) is 30.8 Å². The fraction of sp³-hybridized carbons (Fsp3) is 0.450. The lowest BCUT2D eigenvalue weighted by Gasteiger charge is -2.40. The molecule has 0 bridgehead atoms. The van der Waals surface area contributed by atoms with Crippen molar-refractivity contribution < 1.29 is 23.0 Å². The molecule has 8 nitrogen and oxygen atoms in total. The monoisotopic (exact) mass is 470 g/mol. The first-order chi connectivity index (χ1) is 15.3. The molecule has 3 heterocycles. The number of nitrogens with zero attached hydrogens (tertiary/aromatic N) is 5. The molecular formula is C20H22ClF3N6O2. The van der Waals surface area contributed by atoms with Gasteiger partial charge in [-0.25, -0.2) is 27.8 Å². The Morgan fingerprint density at radius 1 is 1.34 bits per heavy atom. The van der Waals surface area contributed by atoms with Crippen LogP contribution in [0.1, 0.15) is 42.1 Å². The van der Waals surface area contributed by atoms with E-state index in [0.717, 1.165) is 0 Å². The molecule has 0 spiro atoms. The van der Waals surface area contributed by atoms with Crippen LogP contribution in [-0.4, -0.2) is 63.1 Å². The zero-order valence-corrected chi connectivity index (χ0v) is 18.2. The lowest BCUT2D eigenvalue weighted by atomic mass is 9.87. The molecule has 1 aromatic carbocycles. The number of halogens is 4. The predicted molar refractivity (Wildman–Crippen MR) is 113 cm³/mol. The number of rotatable bonds is 7. The summed E-state index contributed by atoms with van der Waals surface area (Å²) in [7, 11) is 1.42. The number of nitrogen functional groups attached to an aromatic ring is 1. The van der Waals surface area contributed by atoms with E-state index in [1.807, 2.05) is 4.90 Å². The van der Waals surface area contributed by atoms with E-state index in [1.165, 1.54) is 24.2 Å². The third-order valence-electron chi connectivity index (χ3n) is 5.79. The predicted octanol–water partition coefficient (Wildman–Crippen LogP) is 3.15. The van der Waals surface area contributed by atoms with Gasteiger partial charge in [0, 0.05) is 36.7 Å². The van der Waals surface area contributed by atoms with E-state index in [-0.39, 0.29) is 40.1 Å². The fourth-order valence-corrected chi connectivity index (χ4v) is 4.42. The molecule has 1 aliphatic rings. The Morgan fingerprint density at radius 2 is 2.06 bits per heavy atom. The summed E-state index contributed by atoms with van der Waals surface area (Å²) in [5.74, 6) is -0.604. The molecule has 1 fully saturated rings. The number of fused-ring (bicyclic) bond motifs is 1. The summed E-state index contributed by atoms with van der Waals surface area (Å²) in [4.78, 5) is 9.87. The second kappa shape index (κ2) is 8.72. The van der Waals surface area contributed by atoms with Crippen molar-refractivity contribution in [2.75, 3.05) is 39.1 Å². The minimum Gasteiger partial charge on any atom is -0.496 e. The smallest absolute Gasteiger partial charge is 0.282 e. The van der Waals surface area contributed by atoms with E-state index in [9.17, 15) is 8.78 Å². The van der Waals surface area contributed by atoms with Crippen molar-refractivity contribution >= 4 is 28.5 Å². The van der Waals surface area contributed by atoms with Crippen molar-refractivity contribution in [1.29, 1.82) is 0 Å². The Hall–Kier alpha value is -2.63. The minimum absolute atomic E-state index is 0.00794.